The van der Waals surface area contributed by atoms with Crippen LogP contribution in [0.4, 0.5) is 0 Å². The van der Waals surface area contributed by atoms with E-state index in [0.717, 1.165) is 5.75 Å². The number of primary sulfonamides is 1. The molecule has 0 aliphatic heterocycles. The van der Waals surface area contributed by atoms with Crippen molar-refractivity contribution < 1.29 is 22.6 Å². The molecule has 0 atom stereocenters. The molecule has 0 aliphatic rings. The van der Waals surface area contributed by atoms with Crippen molar-refractivity contribution in [2.24, 2.45) is 5.14 Å². The number of ether oxygens (including phenoxy) is 3. The minimum atomic E-state index is -3.46. The van der Waals surface area contributed by atoms with E-state index in [1.54, 1.807) is 6.07 Å². The zero-order valence-corrected chi connectivity index (χ0v) is 11.7. The summed E-state index contributed by atoms with van der Waals surface area (Å²) in [6.07, 6.45) is 0. The minimum absolute atomic E-state index is 0.0706. The lowest BCUT2D eigenvalue weighted by atomic mass is 10.3. The number of rotatable bonds is 9. The van der Waals surface area contributed by atoms with Gasteiger partial charge in [-0.25, -0.2) is 13.6 Å². The van der Waals surface area contributed by atoms with E-state index in [2.05, 4.69) is 0 Å². The molecule has 0 saturated heterocycles. The van der Waals surface area contributed by atoms with Gasteiger partial charge in [0.2, 0.25) is 10.0 Å². The van der Waals surface area contributed by atoms with Crippen LogP contribution in [0.15, 0.2) is 24.3 Å². The van der Waals surface area contributed by atoms with E-state index in [4.69, 9.17) is 19.3 Å². The molecule has 0 unspecified atom stereocenters. The average Bonchev–Trinajstić information content (AvgIpc) is 2.33. The van der Waals surface area contributed by atoms with Gasteiger partial charge in [0, 0.05) is 6.07 Å². The van der Waals surface area contributed by atoms with Crippen LogP contribution in [0.25, 0.3) is 0 Å². The smallest absolute Gasteiger partial charge is 0.211 e. The van der Waals surface area contributed by atoms with Crippen LogP contribution < -0.4 is 14.6 Å². The predicted molar refractivity (Wildman–Crippen MR) is 71.9 cm³/mol. The molecule has 1 aromatic rings. The highest BCUT2D eigenvalue weighted by Gasteiger charge is 2.02. The van der Waals surface area contributed by atoms with Crippen LogP contribution in [0, 0.1) is 0 Å². The number of benzene rings is 1. The molecule has 19 heavy (non-hydrogen) atoms. The summed E-state index contributed by atoms with van der Waals surface area (Å²) in [6.45, 7) is 3.21. The van der Waals surface area contributed by atoms with Crippen molar-refractivity contribution in [2.75, 3.05) is 32.2 Å². The molecule has 2 N–H and O–H groups in total. The van der Waals surface area contributed by atoms with E-state index in [1.807, 2.05) is 25.1 Å². The molecular formula is C12H19NO5S. The van der Waals surface area contributed by atoms with Crippen LogP contribution in [0.5, 0.6) is 11.5 Å². The highest BCUT2D eigenvalue weighted by molar-refractivity contribution is 7.89. The van der Waals surface area contributed by atoms with Crippen molar-refractivity contribution in [3.63, 3.8) is 0 Å². The van der Waals surface area contributed by atoms with Crippen LogP contribution in [0.2, 0.25) is 0 Å². The second-order valence-corrected chi connectivity index (χ2v) is 5.47. The molecule has 7 heteroatoms. The van der Waals surface area contributed by atoms with E-state index in [-0.39, 0.29) is 12.4 Å². The molecule has 0 aromatic heterocycles. The number of hydrogen-bond acceptors (Lipinski definition) is 5. The molecule has 0 heterocycles. The second-order valence-electron chi connectivity index (χ2n) is 3.74. The normalized spacial score (nSPS) is 11.3. The number of hydrogen-bond donors (Lipinski definition) is 1. The van der Waals surface area contributed by atoms with Crippen LogP contribution in [-0.2, 0) is 14.8 Å². The van der Waals surface area contributed by atoms with Crippen LogP contribution >= 0.6 is 0 Å². The SMILES string of the molecule is CCOc1cccc(OCCOCCS(N)(=O)=O)c1. The summed E-state index contributed by atoms with van der Waals surface area (Å²) < 4.78 is 37.1. The van der Waals surface area contributed by atoms with Gasteiger partial charge in [0.25, 0.3) is 0 Å². The summed E-state index contributed by atoms with van der Waals surface area (Å²) >= 11 is 0. The van der Waals surface area contributed by atoms with Crippen molar-refractivity contribution in [1.82, 2.24) is 0 Å². The Labute approximate surface area is 113 Å². The Morgan fingerprint density at radius 3 is 2.42 bits per heavy atom. The molecule has 1 rings (SSSR count). The van der Waals surface area contributed by atoms with Gasteiger partial charge in [-0.1, -0.05) is 6.07 Å². The Balaban J connectivity index is 2.20. The quantitative estimate of drug-likeness (QED) is 0.678. The first kappa shape index (κ1) is 15.7. The second kappa shape index (κ2) is 7.98. The lowest BCUT2D eigenvalue weighted by Gasteiger charge is -2.08. The van der Waals surface area contributed by atoms with Crippen LogP contribution in [0.1, 0.15) is 6.92 Å². The van der Waals surface area contributed by atoms with E-state index in [0.29, 0.717) is 25.6 Å². The van der Waals surface area contributed by atoms with Gasteiger partial charge in [0.05, 0.1) is 25.6 Å². The van der Waals surface area contributed by atoms with E-state index >= 15 is 0 Å². The third-order valence-corrected chi connectivity index (χ3v) is 2.86. The third-order valence-electron chi connectivity index (χ3n) is 2.13. The van der Waals surface area contributed by atoms with Crippen molar-refractivity contribution >= 4 is 10.0 Å². The van der Waals surface area contributed by atoms with Gasteiger partial charge in [-0.3, -0.25) is 0 Å². The maximum absolute atomic E-state index is 10.6. The Kier molecular flexibility index (Phi) is 6.61. The van der Waals surface area contributed by atoms with E-state index < -0.39 is 10.0 Å². The standard InChI is InChI=1S/C12H19NO5S/c1-2-17-11-4-3-5-12(10-11)18-7-6-16-8-9-19(13,14)15/h3-5,10H,2,6-9H2,1H3,(H2,13,14,15). The van der Waals surface area contributed by atoms with Crippen molar-refractivity contribution in [1.29, 1.82) is 0 Å². The predicted octanol–water partition coefficient (Wildman–Crippen LogP) is 0.769. The molecule has 0 aliphatic carbocycles. The maximum atomic E-state index is 10.6. The molecule has 0 spiro atoms. The molecular weight excluding hydrogens is 270 g/mol. The molecule has 0 amide bonds. The Morgan fingerprint density at radius 2 is 1.79 bits per heavy atom. The molecule has 6 nitrogen and oxygen atoms in total. The van der Waals surface area contributed by atoms with Gasteiger partial charge >= 0.3 is 0 Å². The largest absolute Gasteiger partial charge is 0.494 e. The first-order chi connectivity index (χ1) is 9.01. The Hall–Kier alpha value is -1.31. The number of sulfonamides is 1. The minimum Gasteiger partial charge on any atom is -0.494 e. The number of nitrogens with two attached hydrogens (primary N) is 1. The van der Waals surface area contributed by atoms with Gasteiger partial charge < -0.3 is 14.2 Å². The fourth-order valence-electron chi connectivity index (χ4n) is 1.32. The summed E-state index contributed by atoms with van der Waals surface area (Å²) in [5.41, 5.74) is 0. The van der Waals surface area contributed by atoms with Gasteiger partial charge in [-0.05, 0) is 19.1 Å². The summed E-state index contributed by atoms with van der Waals surface area (Å²) in [6, 6.07) is 7.28. The van der Waals surface area contributed by atoms with Crippen molar-refractivity contribution in [3.05, 3.63) is 24.3 Å². The third kappa shape index (κ3) is 7.66. The molecule has 0 saturated carbocycles. The zero-order valence-electron chi connectivity index (χ0n) is 10.9. The first-order valence-corrected chi connectivity index (χ1v) is 7.66. The van der Waals surface area contributed by atoms with Gasteiger partial charge in [0.15, 0.2) is 0 Å². The van der Waals surface area contributed by atoms with E-state index in [1.165, 1.54) is 0 Å². The van der Waals surface area contributed by atoms with Crippen LogP contribution in [0.3, 0.4) is 0 Å². The lowest BCUT2D eigenvalue weighted by molar-refractivity contribution is 0.111. The first-order valence-electron chi connectivity index (χ1n) is 5.95. The Bertz CT molecular complexity index is 475. The molecule has 1 aromatic carbocycles. The summed E-state index contributed by atoms with van der Waals surface area (Å²) in [5, 5.41) is 4.83. The van der Waals surface area contributed by atoms with Gasteiger partial charge in [0.1, 0.15) is 18.1 Å². The van der Waals surface area contributed by atoms with Gasteiger partial charge in [-0.2, -0.15) is 0 Å². The fourth-order valence-corrected chi connectivity index (χ4v) is 1.67. The summed E-state index contributed by atoms with van der Waals surface area (Å²) in [7, 11) is -3.46. The van der Waals surface area contributed by atoms with Gasteiger partial charge in [-0.15, -0.1) is 0 Å². The van der Waals surface area contributed by atoms with Crippen molar-refractivity contribution in [2.45, 2.75) is 6.92 Å². The highest BCUT2D eigenvalue weighted by Crippen LogP contribution is 2.19. The lowest BCUT2D eigenvalue weighted by Crippen LogP contribution is -2.21. The monoisotopic (exact) mass is 289 g/mol. The maximum Gasteiger partial charge on any atom is 0.211 e. The summed E-state index contributed by atoms with van der Waals surface area (Å²) in [4.78, 5) is 0. The zero-order chi connectivity index (χ0) is 14.1. The molecule has 0 radical (unpaired) electrons. The fraction of sp³-hybridized carbons (Fsp3) is 0.500. The average molecular weight is 289 g/mol. The molecule has 0 bridgehead atoms. The van der Waals surface area contributed by atoms with Crippen LogP contribution in [-0.4, -0.2) is 40.6 Å². The Morgan fingerprint density at radius 1 is 1.11 bits per heavy atom. The topological polar surface area (TPSA) is 87.8 Å². The highest BCUT2D eigenvalue weighted by atomic mass is 32.2. The summed E-state index contributed by atoms with van der Waals surface area (Å²) in [5.74, 6) is 1.24. The van der Waals surface area contributed by atoms with Crippen molar-refractivity contribution in [3.8, 4) is 11.5 Å². The molecule has 108 valence electrons. The molecule has 0 fully saturated rings. The van der Waals surface area contributed by atoms with E-state index in [9.17, 15) is 8.42 Å².